The molecule has 1 fully saturated rings. The van der Waals surface area contributed by atoms with Crippen molar-refractivity contribution in [1.82, 2.24) is 4.98 Å². The molecule has 1 aromatic carbocycles. The predicted octanol–water partition coefficient (Wildman–Crippen LogP) is 0.540. The average molecular weight is 414 g/mol. The molecule has 1 atom stereocenters. The lowest BCUT2D eigenvalue weighted by molar-refractivity contribution is -1.02. The van der Waals surface area contributed by atoms with Crippen LogP contribution in [0, 0.1) is 11.3 Å². The molecule has 2 aromatic heterocycles. The number of nitrogens with one attached hydrogen (secondary N) is 3. The third-order valence-corrected chi connectivity index (χ3v) is 7.23. The average Bonchev–Trinajstić information content (AvgIpc) is 3.33. The number of aromatic nitrogens is 1. The summed E-state index contributed by atoms with van der Waals surface area (Å²) in [5.41, 5.74) is 1.62. The topological polar surface area (TPSA) is 74.7 Å². The van der Waals surface area contributed by atoms with Gasteiger partial charge in [0.15, 0.2) is 6.04 Å². The Labute approximate surface area is 172 Å². The van der Waals surface area contributed by atoms with Gasteiger partial charge in [-0.15, -0.1) is 22.7 Å². The maximum atomic E-state index is 12.6. The summed E-state index contributed by atoms with van der Waals surface area (Å²) in [7, 11) is 0. The van der Waals surface area contributed by atoms with E-state index < -0.39 is 0 Å². The number of nitriles is 1. The van der Waals surface area contributed by atoms with E-state index in [4.69, 9.17) is 10.2 Å². The minimum atomic E-state index is -0.127. The maximum absolute atomic E-state index is 12.6. The van der Waals surface area contributed by atoms with Crippen molar-refractivity contribution in [1.29, 1.82) is 5.26 Å². The van der Waals surface area contributed by atoms with Crippen LogP contribution in [0.3, 0.4) is 0 Å². The molecule has 0 aliphatic carbocycles. The third kappa shape index (κ3) is 4.08. The molecule has 0 unspecified atom stereocenters. The number of amides is 1. The van der Waals surface area contributed by atoms with Crippen LogP contribution < -0.4 is 15.1 Å². The SMILES string of the molecule is C[C@@H](C(=O)Nc1sccc1C#N)[NH+]1CC[NH+](Cc2nc3ccccc3s2)CC1. The van der Waals surface area contributed by atoms with Crippen LogP contribution in [0.4, 0.5) is 5.00 Å². The fourth-order valence-electron chi connectivity index (χ4n) is 3.64. The number of hydrogen-bond acceptors (Lipinski definition) is 5. The molecule has 28 heavy (non-hydrogen) atoms. The molecule has 144 valence electrons. The van der Waals surface area contributed by atoms with E-state index >= 15 is 0 Å². The lowest BCUT2D eigenvalue weighted by Crippen LogP contribution is -3.29. The fourth-order valence-corrected chi connectivity index (χ4v) is 5.42. The number of rotatable bonds is 5. The number of para-hydroxylation sites is 1. The summed E-state index contributed by atoms with van der Waals surface area (Å²) in [5.74, 6) is -0.0106. The summed E-state index contributed by atoms with van der Waals surface area (Å²) < 4.78 is 1.25. The van der Waals surface area contributed by atoms with E-state index in [2.05, 4.69) is 29.6 Å². The van der Waals surface area contributed by atoms with Crippen molar-refractivity contribution in [3.8, 4) is 6.07 Å². The van der Waals surface area contributed by atoms with E-state index in [1.54, 1.807) is 17.4 Å². The number of carbonyl (C=O) groups is 1. The molecule has 0 saturated carbocycles. The van der Waals surface area contributed by atoms with Gasteiger partial charge in [-0.1, -0.05) is 12.1 Å². The third-order valence-electron chi connectivity index (χ3n) is 5.37. The van der Waals surface area contributed by atoms with Gasteiger partial charge >= 0.3 is 0 Å². The second kappa shape index (κ2) is 8.37. The normalized spacial score (nSPS) is 20.6. The Bertz CT molecular complexity index is 980. The number of carbonyl (C=O) groups excluding carboxylic acids is 1. The number of quaternary nitrogens is 2. The van der Waals surface area contributed by atoms with Gasteiger partial charge < -0.3 is 15.1 Å². The van der Waals surface area contributed by atoms with Crippen molar-refractivity contribution in [3.63, 3.8) is 0 Å². The Balaban J connectivity index is 1.30. The number of hydrogen-bond donors (Lipinski definition) is 3. The number of thiazole rings is 1. The molecule has 3 aromatic rings. The molecule has 0 radical (unpaired) electrons. The monoisotopic (exact) mass is 413 g/mol. The van der Waals surface area contributed by atoms with Crippen LogP contribution in [0.15, 0.2) is 35.7 Å². The Hall–Kier alpha value is -2.31. The van der Waals surface area contributed by atoms with E-state index in [1.807, 2.05) is 18.4 Å². The van der Waals surface area contributed by atoms with Crippen molar-refractivity contribution in [2.75, 3.05) is 31.5 Å². The first-order chi connectivity index (χ1) is 13.6. The molecule has 0 bridgehead atoms. The summed E-state index contributed by atoms with van der Waals surface area (Å²) in [6.45, 7) is 6.92. The van der Waals surface area contributed by atoms with Crippen molar-refractivity contribution in [3.05, 3.63) is 46.3 Å². The number of fused-ring (bicyclic) bond motifs is 1. The van der Waals surface area contributed by atoms with Gasteiger partial charge in [0.1, 0.15) is 48.8 Å². The molecule has 4 rings (SSSR count). The smallest absolute Gasteiger partial charge is 0.283 e. The van der Waals surface area contributed by atoms with Crippen molar-refractivity contribution in [2.45, 2.75) is 19.5 Å². The zero-order chi connectivity index (χ0) is 19.5. The number of nitrogens with zero attached hydrogens (tertiary/aromatic N) is 2. The molecule has 1 amide bonds. The Morgan fingerprint density at radius 1 is 1.29 bits per heavy atom. The zero-order valence-corrected chi connectivity index (χ0v) is 17.3. The molecule has 6 nitrogen and oxygen atoms in total. The summed E-state index contributed by atoms with van der Waals surface area (Å²) in [6, 6.07) is 12.0. The van der Waals surface area contributed by atoms with E-state index in [0.717, 1.165) is 38.2 Å². The van der Waals surface area contributed by atoms with E-state index in [-0.39, 0.29) is 11.9 Å². The highest BCUT2D eigenvalue weighted by Gasteiger charge is 2.31. The molecule has 1 aliphatic rings. The van der Waals surface area contributed by atoms with Gasteiger partial charge in [0, 0.05) is 0 Å². The first kappa shape index (κ1) is 19.0. The Morgan fingerprint density at radius 3 is 2.82 bits per heavy atom. The lowest BCUT2D eigenvalue weighted by atomic mass is 10.2. The summed E-state index contributed by atoms with van der Waals surface area (Å²) in [6.07, 6.45) is 0. The predicted molar refractivity (Wildman–Crippen MR) is 112 cm³/mol. The second-order valence-electron chi connectivity index (χ2n) is 7.15. The van der Waals surface area contributed by atoms with Crippen LogP contribution in [-0.4, -0.2) is 43.1 Å². The van der Waals surface area contributed by atoms with Crippen LogP contribution in [0.5, 0.6) is 0 Å². The van der Waals surface area contributed by atoms with Gasteiger partial charge in [-0.3, -0.25) is 4.79 Å². The largest absolute Gasteiger partial charge is 0.320 e. The molecule has 3 heterocycles. The molecular weight excluding hydrogens is 390 g/mol. The van der Waals surface area contributed by atoms with Crippen LogP contribution in [-0.2, 0) is 11.3 Å². The van der Waals surface area contributed by atoms with Crippen molar-refractivity contribution >= 4 is 43.8 Å². The number of anilines is 1. The highest BCUT2D eigenvalue weighted by molar-refractivity contribution is 7.18. The minimum Gasteiger partial charge on any atom is -0.320 e. The van der Waals surface area contributed by atoms with E-state index in [0.29, 0.717) is 10.6 Å². The van der Waals surface area contributed by atoms with Gasteiger partial charge in [0.05, 0.1) is 15.8 Å². The Morgan fingerprint density at radius 2 is 2.07 bits per heavy atom. The highest BCUT2D eigenvalue weighted by Crippen LogP contribution is 2.22. The first-order valence-electron chi connectivity index (χ1n) is 9.45. The van der Waals surface area contributed by atoms with Gasteiger partial charge in [0.2, 0.25) is 0 Å². The molecule has 0 spiro atoms. The summed E-state index contributed by atoms with van der Waals surface area (Å²) in [4.78, 5) is 20.2. The number of thiophene rings is 1. The molecule has 1 saturated heterocycles. The molecule has 8 heteroatoms. The quantitative estimate of drug-likeness (QED) is 0.572. The zero-order valence-electron chi connectivity index (χ0n) is 15.7. The van der Waals surface area contributed by atoms with Gasteiger partial charge in [-0.2, -0.15) is 5.26 Å². The van der Waals surface area contributed by atoms with Crippen LogP contribution in [0.2, 0.25) is 0 Å². The lowest BCUT2D eigenvalue weighted by Gasteiger charge is -2.32. The van der Waals surface area contributed by atoms with Gasteiger partial charge in [-0.25, -0.2) is 4.98 Å². The number of benzene rings is 1. The minimum absolute atomic E-state index is 0.0106. The van der Waals surface area contributed by atoms with Gasteiger partial charge in [-0.05, 0) is 30.5 Å². The van der Waals surface area contributed by atoms with E-state index in [9.17, 15) is 4.79 Å². The fraction of sp³-hybridized carbons (Fsp3) is 0.350. The molecule has 1 aliphatic heterocycles. The summed E-state index contributed by atoms with van der Waals surface area (Å²) in [5, 5.41) is 15.7. The van der Waals surface area contributed by atoms with E-state index in [1.165, 1.54) is 30.8 Å². The van der Waals surface area contributed by atoms with Crippen LogP contribution >= 0.6 is 22.7 Å². The Kier molecular flexibility index (Phi) is 5.69. The van der Waals surface area contributed by atoms with Crippen molar-refractivity contribution < 1.29 is 14.6 Å². The van der Waals surface area contributed by atoms with Crippen LogP contribution in [0.1, 0.15) is 17.5 Å². The highest BCUT2D eigenvalue weighted by atomic mass is 32.1. The summed E-state index contributed by atoms with van der Waals surface area (Å²) >= 11 is 3.18. The van der Waals surface area contributed by atoms with Gasteiger partial charge in [0.25, 0.3) is 5.91 Å². The van der Waals surface area contributed by atoms with Crippen molar-refractivity contribution in [2.24, 2.45) is 0 Å². The maximum Gasteiger partial charge on any atom is 0.283 e. The van der Waals surface area contributed by atoms with Crippen LogP contribution in [0.25, 0.3) is 10.2 Å². The second-order valence-corrected chi connectivity index (χ2v) is 9.18. The molecule has 3 N–H and O–H groups in total. The number of piperazine rings is 1. The first-order valence-corrected chi connectivity index (χ1v) is 11.1. The standard InChI is InChI=1S/C20H21N5OS2/c1-14(19(26)23-20-15(12-21)6-11-27-20)25-9-7-24(8-10-25)13-18-22-16-4-2-3-5-17(16)28-18/h2-6,11,14H,7-10,13H2,1H3,(H,23,26)/p+2/t14-/m0/s1. The molecular formula is C20H23N5OS2+2.